The Morgan fingerprint density at radius 1 is 0.967 bits per heavy atom. The van der Waals surface area contributed by atoms with E-state index < -0.39 is 0 Å². The Kier molecular flexibility index (Phi) is 6.05. The average molecular weight is 402 g/mol. The zero-order chi connectivity index (χ0) is 20.9. The third-order valence-corrected chi connectivity index (χ3v) is 5.37. The molecular weight excluding hydrogens is 374 g/mol. The average Bonchev–Trinajstić information content (AvgIpc) is 2.74. The molecule has 0 atom stereocenters. The summed E-state index contributed by atoms with van der Waals surface area (Å²) in [5, 5.41) is 11.8. The summed E-state index contributed by atoms with van der Waals surface area (Å²) in [5.41, 5.74) is 4.65. The third kappa shape index (κ3) is 5.02. The monoisotopic (exact) mass is 401 g/mol. The van der Waals surface area contributed by atoms with Crippen molar-refractivity contribution < 1.29 is 4.79 Å². The van der Waals surface area contributed by atoms with Gasteiger partial charge >= 0.3 is 0 Å². The first kappa shape index (κ1) is 20.0. The zero-order valence-corrected chi connectivity index (χ0v) is 17.5. The van der Waals surface area contributed by atoms with E-state index in [0.29, 0.717) is 6.42 Å². The molecule has 1 aliphatic heterocycles. The molecule has 1 fully saturated rings. The Labute approximate surface area is 177 Å². The molecule has 0 saturated carbocycles. The molecule has 4 rings (SSSR count). The number of rotatable bonds is 5. The molecule has 6 nitrogen and oxygen atoms in total. The van der Waals surface area contributed by atoms with Gasteiger partial charge in [-0.15, -0.1) is 10.2 Å². The molecule has 0 radical (unpaired) electrons. The highest BCUT2D eigenvalue weighted by Crippen LogP contribution is 2.22. The standard InChI is InChI=1S/C24H27N5O/c1-18-5-3-6-19(15-18)16-24(30)25-21-8-4-7-20(17-21)22-9-10-23(27-26-22)29-13-11-28(2)12-14-29/h3-10,15,17H,11-14,16H2,1-2H3,(H,25,30). The first-order valence-electron chi connectivity index (χ1n) is 10.3. The molecule has 1 amide bonds. The number of benzene rings is 2. The van der Waals surface area contributed by atoms with Crippen molar-refractivity contribution >= 4 is 17.4 Å². The lowest BCUT2D eigenvalue weighted by atomic mass is 10.1. The van der Waals surface area contributed by atoms with E-state index in [4.69, 9.17) is 0 Å². The van der Waals surface area contributed by atoms with Gasteiger partial charge in [-0.2, -0.15) is 0 Å². The maximum atomic E-state index is 12.4. The van der Waals surface area contributed by atoms with Gasteiger partial charge in [0.05, 0.1) is 12.1 Å². The van der Waals surface area contributed by atoms with Crippen LogP contribution in [0, 0.1) is 6.92 Å². The van der Waals surface area contributed by atoms with Crippen LogP contribution in [0.1, 0.15) is 11.1 Å². The summed E-state index contributed by atoms with van der Waals surface area (Å²) in [7, 11) is 2.14. The second kappa shape index (κ2) is 9.05. The van der Waals surface area contributed by atoms with E-state index in [2.05, 4.69) is 32.4 Å². The third-order valence-electron chi connectivity index (χ3n) is 5.37. The summed E-state index contributed by atoms with van der Waals surface area (Å²) < 4.78 is 0. The maximum absolute atomic E-state index is 12.4. The van der Waals surface area contributed by atoms with Gasteiger partial charge in [-0.25, -0.2) is 0 Å². The summed E-state index contributed by atoms with van der Waals surface area (Å²) >= 11 is 0. The van der Waals surface area contributed by atoms with Crippen LogP contribution in [0.2, 0.25) is 0 Å². The Morgan fingerprint density at radius 3 is 2.50 bits per heavy atom. The Morgan fingerprint density at radius 2 is 1.77 bits per heavy atom. The molecule has 1 saturated heterocycles. The second-order valence-electron chi connectivity index (χ2n) is 7.86. The lowest BCUT2D eigenvalue weighted by Crippen LogP contribution is -2.44. The molecular formula is C24H27N5O. The number of carbonyl (C=O) groups excluding carboxylic acids is 1. The van der Waals surface area contributed by atoms with Gasteiger partial charge in [0.15, 0.2) is 5.82 Å². The minimum atomic E-state index is -0.0331. The number of likely N-dealkylation sites (N-methyl/N-ethyl adjacent to an activating group) is 1. The fraction of sp³-hybridized carbons (Fsp3) is 0.292. The molecule has 2 aromatic carbocycles. The topological polar surface area (TPSA) is 61.4 Å². The first-order valence-corrected chi connectivity index (χ1v) is 10.3. The van der Waals surface area contributed by atoms with Crippen LogP contribution in [0.4, 0.5) is 11.5 Å². The van der Waals surface area contributed by atoms with Crippen LogP contribution in [0.5, 0.6) is 0 Å². The smallest absolute Gasteiger partial charge is 0.228 e. The van der Waals surface area contributed by atoms with Gasteiger partial charge in [0.1, 0.15) is 0 Å². The van der Waals surface area contributed by atoms with Gasteiger partial charge in [0.25, 0.3) is 0 Å². The largest absolute Gasteiger partial charge is 0.353 e. The molecule has 3 aromatic rings. The molecule has 0 aliphatic carbocycles. The van der Waals surface area contributed by atoms with Gasteiger partial charge in [-0.05, 0) is 43.8 Å². The Bertz CT molecular complexity index is 1010. The van der Waals surface area contributed by atoms with Crippen molar-refractivity contribution in [3.63, 3.8) is 0 Å². The number of hydrogen-bond acceptors (Lipinski definition) is 5. The summed E-state index contributed by atoms with van der Waals surface area (Å²) in [6.07, 6.45) is 0.353. The fourth-order valence-electron chi connectivity index (χ4n) is 3.65. The first-order chi connectivity index (χ1) is 14.6. The molecule has 0 unspecified atom stereocenters. The fourth-order valence-corrected chi connectivity index (χ4v) is 3.65. The summed E-state index contributed by atoms with van der Waals surface area (Å²) in [6.45, 7) is 6.03. The van der Waals surface area contributed by atoms with E-state index in [1.807, 2.05) is 67.6 Å². The number of nitrogens with zero attached hydrogens (tertiary/aromatic N) is 4. The molecule has 1 aliphatic rings. The van der Waals surface area contributed by atoms with E-state index in [9.17, 15) is 4.79 Å². The number of amides is 1. The summed E-state index contributed by atoms with van der Waals surface area (Å²) in [6, 6.07) is 19.8. The van der Waals surface area contributed by atoms with Crippen LogP contribution in [-0.2, 0) is 11.2 Å². The quantitative estimate of drug-likeness (QED) is 0.710. The van der Waals surface area contributed by atoms with Gasteiger partial charge in [-0.3, -0.25) is 4.79 Å². The number of aryl methyl sites for hydroxylation is 1. The highest BCUT2D eigenvalue weighted by Gasteiger charge is 2.15. The van der Waals surface area contributed by atoms with Gasteiger partial charge in [0.2, 0.25) is 5.91 Å². The molecule has 0 bridgehead atoms. The minimum absolute atomic E-state index is 0.0331. The number of carbonyl (C=O) groups is 1. The number of nitrogens with one attached hydrogen (secondary N) is 1. The van der Waals surface area contributed by atoms with E-state index >= 15 is 0 Å². The van der Waals surface area contributed by atoms with Gasteiger partial charge in [-0.1, -0.05) is 42.0 Å². The van der Waals surface area contributed by atoms with E-state index in [1.54, 1.807) is 0 Å². The van der Waals surface area contributed by atoms with E-state index in [0.717, 1.165) is 60.1 Å². The molecule has 6 heteroatoms. The minimum Gasteiger partial charge on any atom is -0.353 e. The van der Waals surface area contributed by atoms with Crippen molar-refractivity contribution in [2.75, 3.05) is 43.4 Å². The summed E-state index contributed by atoms with van der Waals surface area (Å²) in [5.74, 6) is 0.878. The SMILES string of the molecule is Cc1cccc(CC(=O)Nc2cccc(-c3ccc(N4CCN(C)CC4)nn3)c2)c1. The summed E-state index contributed by atoms with van der Waals surface area (Å²) in [4.78, 5) is 17.0. The lowest BCUT2D eigenvalue weighted by molar-refractivity contribution is -0.115. The maximum Gasteiger partial charge on any atom is 0.228 e. The van der Waals surface area contributed by atoms with Crippen LogP contribution in [0.25, 0.3) is 11.3 Å². The van der Waals surface area contributed by atoms with Crippen molar-refractivity contribution in [2.24, 2.45) is 0 Å². The normalized spacial score (nSPS) is 14.5. The van der Waals surface area contributed by atoms with E-state index in [-0.39, 0.29) is 5.91 Å². The molecule has 2 heterocycles. The zero-order valence-electron chi connectivity index (χ0n) is 17.5. The molecule has 1 aromatic heterocycles. The number of anilines is 2. The number of piperazine rings is 1. The van der Waals surface area contributed by atoms with Crippen molar-refractivity contribution in [3.05, 3.63) is 71.8 Å². The molecule has 30 heavy (non-hydrogen) atoms. The van der Waals surface area contributed by atoms with Gasteiger partial charge < -0.3 is 15.1 Å². The van der Waals surface area contributed by atoms with Crippen molar-refractivity contribution in [1.29, 1.82) is 0 Å². The highest BCUT2D eigenvalue weighted by atomic mass is 16.1. The lowest BCUT2D eigenvalue weighted by Gasteiger charge is -2.32. The van der Waals surface area contributed by atoms with Crippen molar-refractivity contribution in [2.45, 2.75) is 13.3 Å². The van der Waals surface area contributed by atoms with Crippen LogP contribution < -0.4 is 10.2 Å². The van der Waals surface area contributed by atoms with E-state index in [1.165, 1.54) is 0 Å². The molecule has 154 valence electrons. The molecule has 1 N–H and O–H groups in total. The predicted octanol–water partition coefficient (Wildman–Crippen LogP) is 3.39. The van der Waals surface area contributed by atoms with Crippen molar-refractivity contribution in [1.82, 2.24) is 15.1 Å². The predicted molar refractivity (Wildman–Crippen MR) is 121 cm³/mol. The molecule has 0 spiro atoms. The van der Waals surface area contributed by atoms with Gasteiger partial charge in [0, 0.05) is 37.4 Å². The number of aromatic nitrogens is 2. The van der Waals surface area contributed by atoms with Crippen molar-refractivity contribution in [3.8, 4) is 11.3 Å². The van der Waals surface area contributed by atoms with Crippen LogP contribution in [0.15, 0.2) is 60.7 Å². The van der Waals surface area contributed by atoms with Crippen LogP contribution in [-0.4, -0.2) is 54.2 Å². The Balaban J connectivity index is 1.42. The highest BCUT2D eigenvalue weighted by molar-refractivity contribution is 5.92. The Hall–Kier alpha value is -3.25. The number of hydrogen-bond donors (Lipinski definition) is 1. The second-order valence-corrected chi connectivity index (χ2v) is 7.86. The van der Waals surface area contributed by atoms with Crippen LogP contribution >= 0.6 is 0 Å². The van der Waals surface area contributed by atoms with Crippen LogP contribution in [0.3, 0.4) is 0 Å².